The van der Waals surface area contributed by atoms with Gasteiger partial charge in [-0.15, -0.1) is 0 Å². The molecule has 35 heavy (non-hydrogen) atoms. The number of hydrogen-bond acceptors (Lipinski definition) is 5. The van der Waals surface area contributed by atoms with Crippen LogP contribution in [0.5, 0.6) is 5.75 Å². The average molecular weight is 472 g/mol. The van der Waals surface area contributed by atoms with E-state index in [9.17, 15) is 14.7 Å². The predicted molar refractivity (Wildman–Crippen MR) is 132 cm³/mol. The lowest BCUT2D eigenvalue weighted by Gasteiger charge is -2.25. The maximum Gasteiger partial charge on any atom is 0.295 e. The zero-order valence-electron chi connectivity index (χ0n) is 20.0. The Morgan fingerprint density at radius 2 is 1.94 bits per heavy atom. The minimum atomic E-state index is -0.653. The van der Waals surface area contributed by atoms with Gasteiger partial charge in [-0.25, -0.2) is 4.98 Å². The first kappa shape index (κ1) is 22.9. The van der Waals surface area contributed by atoms with Crippen molar-refractivity contribution in [2.75, 3.05) is 6.54 Å². The monoisotopic (exact) mass is 471 g/mol. The summed E-state index contributed by atoms with van der Waals surface area (Å²) in [6.45, 7) is 5.13. The van der Waals surface area contributed by atoms with Crippen molar-refractivity contribution in [1.29, 1.82) is 0 Å². The molecule has 3 aromatic rings. The zero-order chi connectivity index (χ0) is 24.5. The standard InChI is InChI=1S/C28H29N3O4/c1-3-19-5-7-20(8-6-19)25-24(26(32)21-9-10-23-22(16-21)15-18(2)35-23)27(33)28(34)31(25)13-4-12-30-14-11-29-17-30/h5-11,14,16-18,25,32H,3-4,12-13,15H2,1-2H3/b26-24+. The van der Waals surface area contributed by atoms with Crippen LogP contribution in [0.2, 0.25) is 0 Å². The lowest BCUT2D eigenvalue weighted by atomic mass is 9.93. The normalized spacial score (nSPS) is 20.8. The van der Waals surface area contributed by atoms with E-state index in [1.54, 1.807) is 23.5 Å². The Hall–Kier alpha value is -3.87. The Balaban J connectivity index is 1.53. The van der Waals surface area contributed by atoms with Crippen LogP contribution in [0, 0.1) is 0 Å². The van der Waals surface area contributed by atoms with Crippen LogP contribution in [0.3, 0.4) is 0 Å². The van der Waals surface area contributed by atoms with Gasteiger partial charge in [0.05, 0.1) is 17.9 Å². The minimum absolute atomic E-state index is 0.0700. The summed E-state index contributed by atoms with van der Waals surface area (Å²) in [6.07, 6.45) is 7.66. The molecule has 5 rings (SSSR count). The van der Waals surface area contributed by atoms with Crippen LogP contribution in [0.4, 0.5) is 0 Å². The summed E-state index contributed by atoms with van der Waals surface area (Å²) in [5, 5.41) is 11.4. The highest BCUT2D eigenvalue weighted by Crippen LogP contribution is 2.40. The van der Waals surface area contributed by atoms with E-state index in [0.717, 1.165) is 29.7 Å². The molecule has 1 saturated heterocycles. The van der Waals surface area contributed by atoms with Crippen molar-refractivity contribution in [1.82, 2.24) is 14.5 Å². The molecule has 1 fully saturated rings. The highest BCUT2D eigenvalue weighted by atomic mass is 16.5. The number of Topliss-reactive ketones (excluding diaryl/α,β-unsaturated/α-hetero) is 1. The number of benzene rings is 2. The molecule has 1 N–H and O–H groups in total. The number of carbonyl (C=O) groups excluding carboxylic acids is 2. The maximum absolute atomic E-state index is 13.3. The highest BCUT2D eigenvalue weighted by Gasteiger charge is 2.45. The first-order valence-corrected chi connectivity index (χ1v) is 12.1. The molecule has 1 amide bonds. The van der Waals surface area contributed by atoms with Crippen LogP contribution in [0.25, 0.3) is 5.76 Å². The largest absolute Gasteiger partial charge is 0.507 e. The number of ketones is 1. The topological polar surface area (TPSA) is 84.7 Å². The van der Waals surface area contributed by atoms with E-state index >= 15 is 0 Å². The molecule has 0 spiro atoms. The van der Waals surface area contributed by atoms with Crippen molar-refractivity contribution in [3.63, 3.8) is 0 Å². The lowest BCUT2D eigenvalue weighted by Crippen LogP contribution is -2.31. The quantitative estimate of drug-likeness (QED) is 0.316. The molecule has 7 nitrogen and oxygen atoms in total. The van der Waals surface area contributed by atoms with E-state index in [2.05, 4.69) is 11.9 Å². The second-order valence-electron chi connectivity index (χ2n) is 9.20. The molecule has 2 atom stereocenters. The number of aromatic nitrogens is 2. The van der Waals surface area contributed by atoms with Crippen LogP contribution >= 0.6 is 0 Å². The molecule has 0 radical (unpaired) electrons. The van der Waals surface area contributed by atoms with E-state index in [1.807, 2.05) is 54.1 Å². The molecule has 3 heterocycles. The molecule has 2 unspecified atom stereocenters. The van der Waals surface area contributed by atoms with Gasteiger partial charge in [-0.3, -0.25) is 9.59 Å². The second kappa shape index (κ2) is 9.41. The molecular weight excluding hydrogens is 442 g/mol. The van der Waals surface area contributed by atoms with Gasteiger partial charge in [0.1, 0.15) is 17.6 Å². The number of hydrogen-bond donors (Lipinski definition) is 1. The fourth-order valence-electron chi connectivity index (χ4n) is 4.96. The molecule has 2 aromatic carbocycles. The third-order valence-electron chi connectivity index (χ3n) is 6.79. The Labute approximate surface area is 204 Å². The van der Waals surface area contributed by atoms with Gasteiger partial charge >= 0.3 is 0 Å². The van der Waals surface area contributed by atoms with Crippen LogP contribution in [0.1, 0.15) is 48.6 Å². The van der Waals surface area contributed by atoms with Crippen molar-refractivity contribution in [3.8, 4) is 5.75 Å². The summed E-state index contributed by atoms with van der Waals surface area (Å²) in [5.74, 6) is -0.590. The summed E-state index contributed by atoms with van der Waals surface area (Å²) in [5.41, 5.74) is 3.61. The Bertz CT molecular complexity index is 1280. The van der Waals surface area contributed by atoms with Gasteiger partial charge in [-0.05, 0) is 54.7 Å². The second-order valence-corrected chi connectivity index (χ2v) is 9.20. The number of imidazole rings is 1. The Kier molecular flexibility index (Phi) is 6.16. The number of rotatable bonds is 7. The van der Waals surface area contributed by atoms with Gasteiger partial charge in [0.2, 0.25) is 0 Å². The van der Waals surface area contributed by atoms with Gasteiger partial charge < -0.3 is 19.3 Å². The van der Waals surface area contributed by atoms with E-state index in [4.69, 9.17) is 4.74 Å². The van der Waals surface area contributed by atoms with Crippen molar-refractivity contribution in [3.05, 3.63) is 89.0 Å². The third kappa shape index (κ3) is 4.34. The number of aliphatic hydroxyl groups excluding tert-OH is 1. The van der Waals surface area contributed by atoms with E-state index in [1.165, 1.54) is 5.56 Å². The molecule has 0 saturated carbocycles. The first-order chi connectivity index (χ1) is 17.0. The number of aliphatic hydroxyl groups is 1. The minimum Gasteiger partial charge on any atom is -0.507 e. The molecule has 180 valence electrons. The van der Waals surface area contributed by atoms with Gasteiger partial charge in [-0.1, -0.05) is 31.2 Å². The van der Waals surface area contributed by atoms with Crippen molar-refractivity contribution in [2.45, 2.75) is 51.8 Å². The Morgan fingerprint density at radius 1 is 1.14 bits per heavy atom. The highest BCUT2D eigenvalue weighted by molar-refractivity contribution is 6.46. The third-order valence-corrected chi connectivity index (χ3v) is 6.79. The Morgan fingerprint density at radius 3 is 2.66 bits per heavy atom. The number of fused-ring (bicyclic) bond motifs is 1. The van der Waals surface area contributed by atoms with Crippen LogP contribution < -0.4 is 4.74 Å². The zero-order valence-corrected chi connectivity index (χ0v) is 20.0. The summed E-state index contributed by atoms with van der Waals surface area (Å²) >= 11 is 0. The summed E-state index contributed by atoms with van der Waals surface area (Å²) in [6, 6.07) is 12.7. The lowest BCUT2D eigenvalue weighted by molar-refractivity contribution is -0.139. The predicted octanol–water partition coefficient (Wildman–Crippen LogP) is 4.28. The number of aryl methyl sites for hydroxylation is 2. The van der Waals surface area contributed by atoms with Gasteiger partial charge in [0.15, 0.2) is 0 Å². The molecule has 0 aliphatic carbocycles. The maximum atomic E-state index is 13.3. The van der Waals surface area contributed by atoms with Crippen LogP contribution in [-0.4, -0.2) is 43.9 Å². The smallest absolute Gasteiger partial charge is 0.295 e. The van der Waals surface area contributed by atoms with Gasteiger partial charge in [0.25, 0.3) is 11.7 Å². The summed E-state index contributed by atoms with van der Waals surface area (Å²) in [4.78, 5) is 32.1. The number of carbonyl (C=O) groups is 2. The van der Waals surface area contributed by atoms with Gasteiger partial charge in [0, 0.05) is 37.5 Å². The SMILES string of the molecule is CCc1ccc(C2/C(=C(\O)c3ccc4c(c3)CC(C)O4)C(=O)C(=O)N2CCCn2ccnc2)cc1. The fraction of sp³-hybridized carbons (Fsp3) is 0.321. The number of likely N-dealkylation sites (tertiary alicyclic amines) is 1. The summed E-state index contributed by atoms with van der Waals surface area (Å²) < 4.78 is 7.72. The molecule has 0 bridgehead atoms. The van der Waals surface area contributed by atoms with Crippen LogP contribution in [-0.2, 0) is 29.0 Å². The average Bonchev–Trinajstić information content (AvgIpc) is 3.57. The van der Waals surface area contributed by atoms with E-state index in [0.29, 0.717) is 25.1 Å². The molecule has 1 aromatic heterocycles. The number of amides is 1. The molecule has 7 heteroatoms. The fourth-order valence-corrected chi connectivity index (χ4v) is 4.96. The van der Waals surface area contributed by atoms with Crippen molar-refractivity contribution in [2.24, 2.45) is 0 Å². The first-order valence-electron chi connectivity index (χ1n) is 12.1. The number of nitrogens with zero attached hydrogens (tertiary/aromatic N) is 3. The number of ether oxygens (including phenoxy) is 1. The summed E-state index contributed by atoms with van der Waals surface area (Å²) in [7, 11) is 0. The van der Waals surface area contributed by atoms with Crippen molar-refractivity contribution >= 4 is 17.4 Å². The van der Waals surface area contributed by atoms with Crippen LogP contribution in [0.15, 0.2) is 66.8 Å². The molecular formula is C28H29N3O4. The molecule has 2 aliphatic heterocycles. The molecule has 2 aliphatic rings. The van der Waals surface area contributed by atoms with E-state index < -0.39 is 17.7 Å². The van der Waals surface area contributed by atoms with Gasteiger partial charge in [-0.2, -0.15) is 0 Å². The van der Waals surface area contributed by atoms with Crippen molar-refractivity contribution < 1.29 is 19.4 Å². The van der Waals surface area contributed by atoms with E-state index in [-0.39, 0.29) is 17.4 Å².